The molecule has 3 rings (SSSR count). The van der Waals surface area contributed by atoms with Gasteiger partial charge in [-0.25, -0.2) is 0 Å². The molecule has 0 bridgehead atoms. The van der Waals surface area contributed by atoms with Gasteiger partial charge in [0.15, 0.2) is 12.4 Å². The molecule has 6 heteroatoms. The Morgan fingerprint density at radius 2 is 1.91 bits per heavy atom. The molecule has 0 aliphatic rings. The van der Waals surface area contributed by atoms with Crippen LogP contribution in [0.5, 0.6) is 5.75 Å². The third-order valence-electron chi connectivity index (χ3n) is 3.21. The quantitative estimate of drug-likeness (QED) is 0.657. The molecule has 0 aliphatic carbocycles. The molecule has 3 aromatic rings. The van der Waals surface area contributed by atoms with Crippen molar-refractivity contribution in [2.75, 3.05) is 0 Å². The Balaban J connectivity index is 1.68. The Hall–Kier alpha value is -2.66. The summed E-state index contributed by atoms with van der Waals surface area (Å²) >= 11 is 6.10. The van der Waals surface area contributed by atoms with Gasteiger partial charge in [0.25, 0.3) is 5.89 Å². The van der Waals surface area contributed by atoms with E-state index in [1.807, 2.05) is 18.2 Å². The molecule has 0 amide bonds. The van der Waals surface area contributed by atoms with E-state index >= 15 is 0 Å². The highest BCUT2D eigenvalue weighted by atomic mass is 35.5. The first-order valence-corrected chi connectivity index (χ1v) is 7.32. The number of hydrogen-bond acceptors (Lipinski definition) is 5. The number of hydrogen-bond donors (Lipinski definition) is 0. The highest BCUT2D eigenvalue weighted by Crippen LogP contribution is 2.25. The minimum atomic E-state index is 0.0119. The maximum Gasteiger partial charge on any atom is 0.264 e. The molecule has 0 atom stereocenters. The molecule has 1 aromatic heterocycles. The number of carbonyl (C=O) groups excluding carboxylic acids is 1. The summed E-state index contributed by atoms with van der Waals surface area (Å²) < 4.78 is 10.7. The predicted octanol–water partition coefficient (Wildman–Crippen LogP) is 4.17. The third-order valence-corrected chi connectivity index (χ3v) is 3.54. The number of benzene rings is 2. The first kappa shape index (κ1) is 15.2. The van der Waals surface area contributed by atoms with Crippen molar-refractivity contribution in [3.63, 3.8) is 0 Å². The smallest absolute Gasteiger partial charge is 0.264 e. The Kier molecular flexibility index (Phi) is 4.39. The second-order valence-corrected chi connectivity index (χ2v) is 5.27. The van der Waals surface area contributed by atoms with Gasteiger partial charge in [0.2, 0.25) is 5.82 Å². The lowest BCUT2D eigenvalue weighted by Crippen LogP contribution is -1.97. The van der Waals surface area contributed by atoms with E-state index in [4.69, 9.17) is 20.9 Å². The summed E-state index contributed by atoms with van der Waals surface area (Å²) in [5, 5.41) is 4.46. The van der Waals surface area contributed by atoms with Crippen molar-refractivity contribution in [3.05, 3.63) is 65.0 Å². The van der Waals surface area contributed by atoms with Crippen molar-refractivity contribution in [2.24, 2.45) is 0 Å². The van der Waals surface area contributed by atoms with Crippen LogP contribution in [-0.2, 0) is 6.61 Å². The molecule has 0 radical (unpaired) electrons. The predicted molar refractivity (Wildman–Crippen MR) is 85.5 cm³/mol. The van der Waals surface area contributed by atoms with Crippen LogP contribution in [0.1, 0.15) is 23.2 Å². The number of ether oxygens (including phenoxy) is 1. The van der Waals surface area contributed by atoms with E-state index in [0.717, 1.165) is 0 Å². The molecular formula is C17H13ClN2O3. The fraction of sp³-hybridized carbons (Fsp3) is 0.118. The summed E-state index contributed by atoms with van der Waals surface area (Å²) in [6.07, 6.45) is 0. The Bertz CT molecular complexity index is 828. The standard InChI is InChI=1S/C17H13ClN2O3/c1-11(21)12-6-8-13(9-7-12)22-10-16-19-17(20-23-16)14-4-2-3-5-15(14)18/h2-9H,10H2,1H3. The van der Waals surface area contributed by atoms with E-state index in [0.29, 0.717) is 33.6 Å². The molecular weight excluding hydrogens is 316 g/mol. The van der Waals surface area contributed by atoms with Crippen molar-refractivity contribution < 1.29 is 14.1 Å². The monoisotopic (exact) mass is 328 g/mol. The number of Topliss-reactive ketones (excluding diaryl/α,β-unsaturated/α-hetero) is 1. The second-order valence-electron chi connectivity index (χ2n) is 4.86. The summed E-state index contributed by atoms with van der Waals surface area (Å²) in [7, 11) is 0. The zero-order valence-electron chi connectivity index (χ0n) is 12.3. The lowest BCUT2D eigenvalue weighted by molar-refractivity contribution is 0.101. The van der Waals surface area contributed by atoms with Crippen molar-refractivity contribution in [1.29, 1.82) is 0 Å². The highest BCUT2D eigenvalue weighted by molar-refractivity contribution is 6.33. The lowest BCUT2D eigenvalue weighted by atomic mass is 10.1. The van der Waals surface area contributed by atoms with Gasteiger partial charge >= 0.3 is 0 Å². The van der Waals surface area contributed by atoms with E-state index in [1.54, 1.807) is 30.3 Å². The fourth-order valence-electron chi connectivity index (χ4n) is 2.00. The lowest BCUT2D eigenvalue weighted by Gasteiger charge is -2.03. The van der Waals surface area contributed by atoms with E-state index in [-0.39, 0.29) is 12.4 Å². The van der Waals surface area contributed by atoms with Crippen LogP contribution in [0.25, 0.3) is 11.4 Å². The molecule has 0 fully saturated rings. The van der Waals surface area contributed by atoms with E-state index in [1.165, 1.54) is 6.92 Å². The third kappa shape index (κ3) is 3.57. The van der Waals surface area contributed by atoms with Crippen LogP contribution in [0.3, 0.4) is 0 Å². The van der Waals surface area contributed by atoms with Crippen LogP contribution in [0, 0.1) is 0 Å². The van der Waals surface area contributed by atoms with Gasteiger partial charge in [-0.3, -0.25) is 4.79 Å². The topological polar surface area (TPSA) is 65.2 Å². The fourth-order valence-corrected chi connectivity index (χ4v) is 2.22. The van der Waals surface area contributed by atoms with Crippen molar-refractivity contribution >= 4 is 17.4 Å². The number of ketones is 1. The summed E-state index contributed by atoms with van der Waals surface area (Å²) in [5.41, 5.74) is 1.34. The van der Waals surface area contributed by atoms with Crippen LogP contribution < -0.4 is 4.74 Å². The molecule has 23 heavy (non-hydrogen) atoms. The van der Waals surface area contributed by atoms with Crippen LogP contribution in [0.15, 0.2) is 53.1 Å². The highest BCUT2D eigenvalue weighted by Gasteiger charge is 2.11. The Labute approximate surface area is 137 Å². The molecule has 0 saturated heterocycles. The summed E-state index contributed by atoms with van der Waals surface area (Å²) in [4.78, 5) is 15.5. The van der Waals surface area contributed by atoms with Gasteiger partial charge in [-0.1, -0.05) is 28.9 Å². The first-order valence-electron chi connectivity index (χ1n) is 6.95. The molecule has 0 unspecified atom stereocenters. The molecule has 0 spiro atoms. The number of aromatic nitrogens is 2. The van der Waals surface area contributed by atoms with Crippen molar-refractivity contribution in [1.82, 2.24) is 10.1 Å². The van der Waals surface area contributed by atoms with Crippen LogP contribution >= 0.6 is 11.6 Å². The molecule has 2 aromatic carbocycles. The number of rotatable bonds is 5. The number of carbonyl (C=O) groups is 1. The van der Waals surface area contributed by atoms with Crippen LogP contribution in [-0.4, -0.2) is 15.9 Å². The van der Waals surface area contributed by atoms with Gasteiger partial charge in [0.1, 0.15) is 5.75 Å². The minimum absolute atomic E-state index is 0.0119. The minimum Gasteiger partial charge on any atom is -0.484 e. The van der Waals surface area contributed by atoms with Crippen LogP contribution in [0.4, 0.5) is 0 Å². The average molecular weight is 329 g/mol. The maximum atomic E-state index is 11.2. The average Bonchev–Trinajstić information content (AvgIpc) is 3.02. The Morgan fingerprint density at radius 3 is 2.61 bits per heavy atom. The largest absolute Gasteiger partial charge is 0.484 e. The van der Waals surface area contributed by atoms with Gasteiger partial charge in [0, 0.05) is 11.1 Å². The second kappa shape index (κ2) is 6.62. The van der Waals surface area contributed by atoms with Gasteiger partial charge in [-0.15, -0.1) is 0 Å². The molecule has 5 nitrogen and oxygen atoms in total. The zero-order valence-corrected chi connectivity index (χ0v) is 13.1. The molecule has 0 aliphatic heterocycles. The normalized spacial score (nSPS) is 10.5. The van der Waals surface area contributed by atoms with E-state index < -0.39 is 0 Å². The number of halogens is 1. The molecule has 1 heterocycles. The van der Waals surface area contributed by atoms with Gasteiger partial charge < -0.3 is 9.26 Å². The molecule has 0 N–H and O–H groups in total. The first-order chi connectivity index (χ1) is 11.1. The van der Waals surface area contributed by atoms with Crippen molar-refractivity contribution in [3.8, 4) is 17.1 Å². The summed E-state index contributed by atoms with van der Waals surface area (Å²) in [5.74, 6) is 1.39. The van der Waals surface area contributed by atoms with Crippen molar-refractivity contribution in [2.45, 2.75) is 13.5 Å². The maximum absolute atomic E-state index is 11.2. The Morgan fingerprint density at radius 1 is 1.17 bits per heavy atom. The zero-order chi connectivity index (χ0) is 16.2. The SMILES string of the molecule is CC(=O)c1ccc(OCc2nc(-c3ccccc3Cl)no2)cc1. The van der Waals surface area contributed by atoms with Gasteiger partial charge in [-0.05, 0) is 43.3 Å². The van der Waals surface area contributed by atoms with E-state index in [2.05, 4.69) is 10.1 Å². The van der Waals surface area contributed by atoms with E-state index in [9.17, 15) is 4.79 Å². The van der Waals surface area contributed by atoms with Crippen LogP contribution in [0.2, 0.25) is 5.02 Å². The van der Waals surface area contributed by atoms with Gasteiger partial charge in [0.05, 0.1) is 5.02 Å². The summed E-state index contributed by atoms with van der Waals surface area (Å²) in [6, 6.07) is 14.1. The molecule has 0 saturated carbocycles. The molecule has 116 valence electrons. The number of nitrogens with zero attached hydrogens (tertiary/aromatic N) is 2. The summed E-state index contributed by atoms with van der Waals surface area (Å²) in [6.45, 7) is 1.65. The van der Waals surface area contributed by atoms with Gasteiger partial charge in [-0.2, -0.15) is 4.98 Å².